The van der Waals surface area contributed by atoms with Crippen LogP contribution in [0.5, 0.6) is 5.75 Å². The minimum atomic E-state index is -0.541. The van der Waals surface area contributed by atoms with E-state index in [4.69, 9.17) is 4.74 Å². The smallest absolute Gasteiger partial charge is 0.269 e. The lowest BCUT2D eigenvalue weighted by Crippen LogP contribution is -2.13. The van der Waals surface area contributed by atoms with Crippen molar-refractivity contribution in [3.8, 4) is 11.8 Å². The van der Waals surface area contributed by atoms with Crippen LogP contribution in [-0.4, -0.2) is 10.8 Å². The van der Waals surface area contributed by atoms with E-state index < -0.39 is 10.8 Å². The summed E-state index contributed by atoms with van der Waals surface area (Å²) >= 11 is 3.38. The molecule has 0 unspecified atom stereocenters. The van der Waals surface area contributed by atoms with Gasteiger partial charge in [0, 0.05) is 27.9 Å². The third-order valence-corrected chi connectivity index (χ3v) is 4.96. The van der Waals surface area contributed by atoms with Crippen molar-refractivity contribution in [2.45, 2.75) is 13.5 Å². The molecule has 0 atom stereocenters. The Hall–Kier alpha value is -3.96. The lowest BCUT2D eigenvalue weighted by molar-refractivity contribution is -0.384. The number of hydrogen-bond acceptors (Lipinski definition) is 5. The number of amides is 1. The summed E-state index contributed by atoms with van der Waals surface area (Å²) in [6.07, 6.45) is 1.44. The van der Waals surface area contributed by atoms with Crippen LogP contribution in [0.1, 0.15) is 16.7 Å². The molecule has 0 fully saturated rings. The third-order valence-electron chi connectivity index (χ3n) is 4.46. The van der Waals surface area contributed by atoms with E-state index in [-0.39, 0.29) is 17.9 Å². The second-order valence-corrected chi connectivity index (χ2v) is 7.80. The van der Waals surface area contributed by atoms with Gasteiger partial charge in [-0.2, -0.15) is 5.26 Å². The summed E-state index contributed by atoms with van der Waals surface area (Å²) in [7, 11) is 0. The summed E-state index contributed by atoms with van der Waals surface area (Å²) < 4.78 is 6.58. The number of benzene rings is 3. The fourth-order valence-electron chi connectivity index (χ4n) is 2.82. The number of ether oxygens (including phenoxy) is 1. The molecule has 32 heavy (non-hydrogen) atoms. The molecule has 0 saturated carbocycles. The maximum atomic E-state index is 12.6. The largest absolute Gasteiger partial charge is 0.488 e. The van der Waals surface area contributed by atoms with Gasteiger partial charge in [-0.1, -0.05) is 45.8 Å². The average Bonchev–Trinajstić information content (AvgIpc) is 2.78. The molecule has 0 saturated heterocycles. The molecule has 3 rings (SSSR count). The number of nitriles is 1. The molecule has 3 aromatic carbocycles. The van der Waals surface area contributed by atoms with Gasteiger partial charge in [0.1, 0.15) is 24.0 Å². The Kier molecular flexibility index (Phi) is 7.37. The van der Waals surface area contributed by atoms with Crippen molar-refractivity contribution < 1.29 is 14.5 Å². The number of non-ortho nitro benzene ring substituents is 1. The Balaban J connectivity index is 1.82. The Morgan fingerprint density at radius 3 is 2.62 bits per heavy atom. The van der Waals surface area contributed by atoms with Gasteiger partial charge in [-0.15, -0.1) is 0 Å². The molecule has 1 amide bonds. The van der Waals surface area contributed by atoms with Crippen molar-refractivity contribution >= 4 is 39.3 Å². The molecule has 8 heteroatoms. The van der Waals surface area contributed by atoms with Crippen LogP contribution >= 0.6 is 15.9 Å². The first-order valence-corrected chi connectivity index (χ1v) is 10.3. The van der Waals surface area contributed by atoms with Crippen LogP contribution in [0.25, 0.3) is 6.08 Å². The Morgan fingerprint density at radius 2 is 1.94 bits per heavy atom. The molecule has 0 radical (unpaired) electrons. The van der Waals surface area contributed by atoms with E-state index in [1.165, 1.54) is 18.2 Å². The van der Waals surface area contributed by atoms with Crippen LogP contribution in [0.4, 0.5) is 11.4 Å². The van der Waals surface area contributed by atoms with E-state index in [0.29, 0.717) is 22.6 Å². The number of nitrogens with one attached hydrogen (secondary N) is 1. The molecule has 0 aromatic heterocycles. The predicted octanol–water partition coefficient (Wildman–Crippen LogP) is 5.79. The summed E-state index contributed by atoms with van der Waals surface area (Å²) in [5.41, 5.74) is 2.65. The molecule has 0 heterocycles. The summed E-state index contributed by atoms with van der Waals surface area (Å²) in [5.74, 6) is -0.114. The van der Waals surface area contributed by atoms with Gasteiger partial charge in [-0.3, -0.25) is 14.9 Å². The summed E-state index contributed by atoms with van der Waals surface area (Å²) in [6.45, 7) is 2.02. The van der Waals surface area contributed by atoms with E-state index in [2.05, 4.69) is 21.2 Å². The van der Waals surface area contributed by atoms with Gasteiger partial charge in [0.05, 0.1) is 4.92 Å². The Morgan fingerprint density at radius 1 is 1.19 bits per heavy atom. The van der Waals surface area contributed by atoms with Crippen molar-refractivity contribution in [3.05, 3.63) is 104 Å². The molecule has 0 aliphatic heterocycles. The maximum absolute atomic E-state index is 12.6. The van der Waals surface area contributed by atoms with Crippen LogP contribution in [0.15, 0.2) is 76.8 Å². The number of nitro groups is 1. The van der Waals surface area contributed by atoms with Gasteiger partial charge >= 0.3 is 0 Å². The number of hydrogen-bond donors (Lipinski definition) is 1. The highest BCUT2D eigenvalue weighted by molar-refractivity contribution is 9.10. The van der Waals surface area contributed by atoms with E-state index in [0.717, 1.165) is 10.0 Å². The van der Waals surface area contributed by atoms with Gasteiger partial charge in [-0.05, 0) is 48.9 Å². The lowest BCUT2D eigenvalue weighted by Gasteiger charge is -2.11. The van der Waals surface area contributed by atoms with Crippen molar-refractivity contribution in [2.24, 2.45) is 0 Å². The number of nitro benzene ring substituents is 1. The minimum Gasteiger partial charge on any atom is -0.488 e. The molecule has 1 N–H and O–H groups in total. The number of anilines is 1. The number of nitrogens with zero attached hydrogens (tertiary/aromatic N) is 2. The number of rotatable bonds is 7. The SMILES string of the molecule is Cc1ccc(NC(=O)/C(C#N)=C/c2cc(Br)ccc2OCc2cccc([N+](=O)[O-])c2)cc1. The number of carbonyl (C=O) groups is 1. The molecule has 7 nitrogen and oxygen atoms in total. The average molecular weight is 492 g/mol. The summed E-state index contributed by atoms with van der Waals surface area (Å²) in [6, 6.07) is 20.5. The van der Waals surface area contributed by atoms with Crippen LogP contribution in [0.2, 0.25) is 0 Å². The minimum absolute atomic E-state index is 0.0263. The maximum Gasteiger partial charge on any atom is 0.269 e. The highest BCUT2D eigenvalue weighted by Gasteiger charge is 2.13. The molecule has 160 valence electrons. The number of aryl methyl sites for hydroxylation is 1. The van der Waals surface area contributed by atoms with Crippen molar-refractivity contribution in [2.75, 3.05) is 5.32 Å². The zero-order valence-electron chi connectivity index (χ0n) is 17.0. The van der Waals surface area contributed by atoms with Gasteiger partial charge in [0.15, 0.2) is 0 Å². The molecular formula is C24H18BrN3O4. The van der Waals surface area contributed by atoms with Gasteiger partial charge < -0.3 is 10.1 Å². The molecule has 0 spiro atoms. The number of halogens is 1. The van der Waals surface area contributed by atoms with Crippen molar-refractivity contribution in [1.82, 2.24) is 0 Å². The van der Waals surface area contributed by atoms with Crippen molar-refractivity contribution in [1.29, 1.82) is 5.26 Å². The molecular weight excluding hydrogens is 474 g/mol. The van der Waals surface area contributed by atoms with Gasteiger partial charge in [-0.25, -0.2) is 0 Å². The third kappa shape index (κ3) is 6.03. The van der Waals surface area contributed by atoms with Crippen LogP contribution in [-0.2, 0) is 11.4 Å². The lowest BCUT2D eigenvalue weighted by atomic mass is 10.1. The van der Waals surface area contributed by atoms with E-state index in [1.54, 1.807) is 42.5 Å². The van der Waals surface area contributed by atoms with E-state index >= 15 is 0 Å². The molecule has 3 aromatic rings. The number of carbonyl (C=O) groups excluding carboxylic acids is 1. The topological polar surface area (TPSA) is 105 Å². The summed E-state index contributed by atoms with van der Waals surface area (Å²) in [5, 5.41) is 23.2. The Bertz CT molecular complexity index is 1230. The fourth-order valence-corrected chi connectivity index (χ4v) is 3.20. The standard InChI is InChI=1S/C24H18BrN3O4/c1-16-5-8-21(9-6-16)27-24(29)19(14-26)12-18-13-20(25)7-10-23(18)32-15-17-3-2-4-22(11-17)28(30)31/h2-13H,15H2,1H3,(H,27,29)/b19-12+. The second-order valence-electron chi connectivity index (χ2n) is 6.89. The molecule has 0 bridgehead atoms. The molecule has 0 aliphatic rings. The van der Waals surface area contributed by atoms with E-state index in [1.807, 2.05) is 25.1 Å². The second kappa shape index (κ2) is 10.4. The first-order chi connectivity index (χ1) is 15.4. The highest BCUT2D eigenvalue weighted by Crippen LogP contribution is 2.27. The van der Waals surface area contributed by atoms with Crippen LogP contribution < -0.4 is 10.1 Å². The normalized spacial score (nSPS) is 10.8. The van der Waals surface area contributed by atoms with E-state index in [9.17, 15) is 20.2 Å². The van der Waals surface area contributed by atoms with Crippen molar-refractivity contribution in [3.63, 3.8) is 0 Å². The Labute approximate surface area is 193 Å². The zero-order chi connectivity index (χ0) is 23.1. The van der Waals surface area contributed by atoms with Crippen LogP contribution in [0.3, 0.4) is 0 Å². The predicted molar refractivity (Wildman–Crippen MR) is 125 cm³/mol. The monoisotopic (exact) mass is 491 g/mol. The first kappa shape index (κ1) is 22.7. The first-order valence-electron chi connectivity index (χ1n) is 9.51. The zero-order valence-corrected chi connectivity index (χ0v) is 18.6. The van der Waals surface area contributed by atoms with Crippen LogP contribution in [0, 0.1) is 28.4 Å². The fraction of sp³-hybridized carbons (Fsp3) is 0.0833. The van der Waals surface area contributed by atoms with Gasteiger partial charge in [0.25, 0.3) is 11.6 Å². The highest BCUT2D eigenvalue weighted by atomic mass is 79.9. The quantitative estimate of drug-likeness (QED) is 0.195. The van der Waals surface area contributed by atoms with Gasteiger partial charge in [0.2, 0.25) is 0 Å². The summed E-state index contributed by atoms with van der Waals surface area (Å²) in [4.78, 5) is 23.1. The molecule has 0 aliphatic carbocycles.